The molecular weight excluding hydrogens is 370 g/mol. The summed E-state index contributed by atoms with van der Waals surface area (Å²) in [6.45, 7) is -0.472. The van der Waals surface area contributed by atoms with Gasteiger partial charge in [-0.1, -0.05) is 48.5 Å². The maximum absolute atomic E-state index is 12.4. The normalized spacial score (nSPS) is 15.3. The fourth-order valence-electron chi connectivity index (χ4n) is 2.73. The van der Waals surface area contributed by atoms with E-state index in [4.69, 9.17) is 4.74 Å². The number of carboxylic acid groups (broad SMARTS) is 1. The Bertz CT molecular complexity index is 998. The van der Waals surface area contributed by atoms with E-state index in [1.54, 1.807) is 48.5 Å². The molecule has 0 bridgehead atoms. The van der Waals surface area contributed by atoms with Gasteiger partial charge >= 0.3 is 12.1 Å². The maximum atomic E-state index is 12.4. The number of fused-ring (bicyclic) bond motifs is 1. The molecule has 2 aromatic rings. The van der Waals surface area contributed by atoms with E-state index in [0.29, 0.717) is 5.56 Å². The maximum Gasteiger partial charge on any atom is 0.408 e. The Kier molecular flexibility index (Phi) is 5.27. The van der Waals surface area contributed by atoms with E-state index in [0.717, 1.165) is 5.56 Å². The number of amides is 1. The van der Waals surface area contributed by atoms with Crippen LogP contribution in [-0.4, -0.2) is 38.2 Å². The first-order valence-electron chi connectivity index (χ1n) is 8.12. The Morgan fingerprint density at radius 1 is 1.04 bits per heavy atom. The Morgan fingerprint density at radius 2 is 1.70 bits per heavy atom. The minimum atomic E-state index is -3.70. The Hall–Kier alpha value is -3.13. The molecule has 27 heavy (non-hydrogen) atoms. The number of aliphatic carboxylic acids is 1. The van der Waals surface area contributed by atoms with Crippen LogP contribution in [0.15, 0.2) is 64.4 Å². The van der Waals surface area contributed by atoms with Gasteiger partial charge in [-0.2, -0.15) is 0 Å². The lowest BCUT2D eigenvalue weighted by molar-refractivity contribution is -0.139. The van der Waals surface area contributed by atoms with E-state index in [2.05, 4.69) is 5.32 Å². The van der Waals surface area contributed by atoms with Crippen LogP contribution < -0.4 is 5.32 Å². The van der Waals surface area contributed by atoms with Gasteiger partial charge in [0.2, 0.25) is 9.84 Å². The minimum absolute atomic E-state index is 0.0474. The highest BCUT2D eigenvalue weighted by atomic mass is 32.2. The summed E-state index contributed by atoms with van der Waals surface area (Å²) in [5, 5.41) is 11.5. The van der Waals surface area contributed by atoms with Gasteiger partial charge in [0.25, 0.3) is 0 Å². The molecule has 8 heteroatoms. The number of sulfone groups is 1. The van der Waals surface area contributed by atoms with E-state index in [9.17, 15) is 23.1 Å². The third-order valence-electron chi connectivity index (χ3n) is 4.09. The average Bonchev–Trinajstić information content (AvgIpc) is 2.91. The molecule has 0 aliphatic carbocycles. The van der Waals surface area contributed by atoms with Gasteiger partial charge < -0.3 is 15.2 Å². The van der Waals surface area contributed by atoms with Crippen LogP contribution in [0.5, 0.6) is 0 Å². The van der Waals surface area contributed by atoms with Crippen LogP contribution in [0.2, 0.25) is 0 Å². The molecule has 0 radical (unpaired) electrons. The van der Waals surface area contributed by atoms with Crippen molar-refractivity contribution in [1.29, 1.82) is 0 Å². The zero-order valence-electron chi connectivity index (χ0n) is 14.2. The highest BCUT2D eigenvalue weighted by Crippen LogP contribution is 2.32. The van der Waals surface area contributed by atoms with Crippen LogP contribution in [0.1, 0.15) is 11.1 Å². The van der Waals surface area contributed by atoms with Gasteiger partial charge in [-0.15, -0.1) is 0 Å². The van der Waals surface area contributed by atoms with Gasteiger partial charge in [0.05, 0.1) is 9.80 Å². The quantitative estimate of drug-likeness (QED) is 0.787. The number of alkyl carbamates (subject to hydrolysis) is 1. The first-order chi connectivity index (χ1) is 12.9. The van der Waals surface area contributed by atoms with Gasteiger partial charge in [0, 0.05) is 6.42 Å². The molecule has 1 aliphatic rings. The highest BCUT2D eigenvalue weighted by Gasteiger charge is 2.30. The van der Waals surface area contributed by atoms with E-state index < -0.39 is 34.5 Å². The summed E-state index contributed by atoms with van der Waals surface area (Å²) in [5.41, 5.74) is 1.27. The average molecular weight is 387 g/mol. The number of carboxylic acids is 1. The molecule has 1 aliphatic heterocycles. The standard InChI is InChI=1S/C19H17NO6S/c21-18(22)16(10-13-6-2-1-3-7-13)20-19(23)26-12-15-11-14-8-4-5-9-17(14)27(15,24)25/h1-9,11,16H,10,12H2,(H,20,23)(H,21,22)/t16-/m0/s1. The molecule has 7 nitrogen and oxygen atoms in total. The third-order valence-corrected chi connectivity index (χ3v) is 5.97. The molecule has 0 unspecified atom stereocenters. The van der Waals surface area contributed by atoms with Crippen LogP contribution in [-0.2, 0) is 25.8 Å². The monoisotopic (exact) mass is 387 g/mol. The minimum Gasteiger partial charge on any atom is -0.480 e. The fraction of sp³-hybridized carbons (Fsp3) is 0.158. The molecule has 1 heterocycles. The number of hydrogen-bond donors (Lipinski definition) is 2. The topological polar surface area (TPSA) is 110 Å². The van der Waals surface area contributed by atoms with Crippen molar-refractivity contribution in [2.24, 2.45) is 0 Å². The summed E-state index contributed by atoms with van der Waals surface area (Å²) < 4.78 is 29.7. The molecule has 0 aromatic heterocycles. The third kappa shape index (κ3) is 4.17. The zero-order valence-corrected chi connectivity index (χ0v) is 15.0. The predicted molar refractivity (Wildman–Crippen MR) is 97.7 cm³/mol. The van der Waals surface area contributed by atoms with Gasteiger partial charge in [-0.05, 0) is 23.3 Å². The van der Waals surface area contributed by atoms with Gasteiger partial charge in [0.15, 0.2) is 0 Å². The fourth-order valence-corrected chi connectivity index (χ4v) is 4.20. The van der Waals surface area contributed by atoms with Crippen LogP contribution >= 0.6 is 0 Å². The number of nitrogens with one attached hydrogen (secondary N) is 1. The molecule has 0 saturated heterocycles. The largest absolute Gasteiger partial charge is 0.480 e. The Labute approximate surface area is 156 Å². The molecule has 3 rings (SSSR count). The van der Waals surface area contributed by atoms with Crippen LogP contribution in [0, 0.1) is 0 Å². The van der Waals surface area contributed by atoms with Crippen molar-refractivity contribution in [3.8, 4) is 0 Å². The number of hydrogen-bond acceptors (Lipinski definition) is 5. The SMILES string of the molecule is O=C(N[C@@H](Cc1ccccc1)C(=O)O)OCC1=Cc2ccccc2S1(=O)=O. The van der Waals surface area contributed by atoms with E-state index in [1.165, 1.54) is 12.1 Å². The Morgan fingerprint density at radius 3 is 2.37 bits per heavy atom. The summed E-state index contributed by atoms with van der Waals surface area (Å²) >= 11 is 0. The first-order valence-corrected chi connectivity index (χ1v) is 9.61. The number of benzene rings is 2. The summed E-state index contributed by atoms with van der Waals surface area (Å²) in [7, 11) is -3.70. The van der Waals surface area contributed by atoms with Crippen LogP contribution in [0.25, 0.3) is 6.08 Å². The number of rotatable bonds is 6. The predicted octanol–water partition coefficient (Wildman–Crippen LogP) is 2.24. The smallest absolute Gasteiger partial charge is 0.408 e. The molecule has 2 aromatic carbocycles. The molecule has 0 spiro atoms. The molecule has 1 atom stereocenters. The van der Waals surface area contributed by atoms with Crippen molar-refractivity contribution < 1.29 is 27.9 Å². The van der Waals surface area contributed by atoms with E-state index in [1.807, 2.05) is 0 Å². The van der Waals surface area contributed by atoms with E-state index in [-0.39, 0.29) is 16.2 Å². The van der Waals surface area contributed by atoms with Crippen molar-refractivity contribution in [3.63, 3.8) is 0 Å². The van der Waals surface area contributed by atoms with Crippen molar-refractivity contribution in [1.82, 2.24) is 5.32 Å². The van der Waals surface area contributed by atoms with Crippen molar-refractivity contribution in [2.45, 2.75) is 17.4 Å². The summed E-state index contributed by atoms with van der Waals surface area (Å²) in [6.07, 6.45) is 0.527. The second-order valence-corrected chi connectivity index (χ2v) is 7.92. The van der Waals surface area contributed by atoms with Gasteiger partial charge in [-0.25, -0.2) is 18.0 Å². The summed E-state index contributed by atoms with van der Waals surface area (Å²) in [5.74, 6) is -1.21. The first kappa shape index (κ1) is 18.7. The second-order valence-electron chi connectivity index (χ2n) is 5.95. The molecule has 140 valence electrons. The molecule has 1 amide bonds. The van der Waals surface area contributed by atoms with Crippen molar-refractivity contribution >= 4 is 28.0 Å². The van der Waals surface area contributed by atoms with Crippen molar-refractivity contribution in [2.75, 3.05) is 6.61 Å². The van der Waals surface area contributed by atoms with Crippen LogP contribution in [0.4, 0.5) is 4.79 Å². The Balaban J connectivity index is 1.62. The number of ether oxygens (including phenoxy) is 1. The highest BCUT2D eigenvalue weighted by molar-refractivity contribution is 7.95. The zero-order chi connectivity index (χ0) is 19.4. The molecule has 0 fully saturated rings. The van der Waals surface area contributed by atoms with Crippen molar-refractivity contribution in [3.05, 3.63) is 70.6 Å². The molecular formula is C19H17NO6S. The molecule has 2 N–H and O–H groups in total. The number of carbonyl (C=O) groups is 2. The van der Waals surface area contributed by atoms with Gasteiger partial charge in [-0.3, -0.25) is 0 Å². The van der Waals surface area contributed by atoms with Crippen LogP contribution in [0.3, 0.4) is 0 Å². The van der Waals surface area contributed by atoms with E-state index >= 15 is 0 Å². The van der Waals surface area contributed by atoms with Gasteiger partial charge in [0.1, 0.15) is 12.6 Å². The second kappa shape index (κ2) is 7.63. The summed E-state index contributed by atoms with van der Waals surface area (Å²) in [6, 6.07) is 14.1. The lowest BCUT2D eigenvalue weighted by atomic mass is 10.1. The lowest BCUT2D eigenvalue weighted by Gasteiger charge is -2.15. The summed E-state index contributed by atoms with van der Waals surface area (Å²) in [4.78, 5) is 23.5. The lowest BCUT2D eigenvalue weighted by Crippen LogP contribution is -2.42. The number of carbonyl (C=O) groups excluding carboxylic acids is 1. The molecule has 0 saturated carbocycles.